The number of rotatable bonds is 3. The Balaban J connectivity index is 2.68. The number of benzene rings is 1. The average molecular weight is 252 g/mol. The second kappa shape index (κ2) is 4.81. The number of nitrogens with two attached hydrogens (primary N) is 1. The number of hydrogen-bond acceptors (Lipinski definition) is 3. The predicted octanol–water partition coefficient (Wildman–Crippen LogP) is 2.26. The molecule has 0 aliphatic carbocycles. The molecular formula is C12H14F2N4. The second-order valence-electron chi connectivity index (χ2n) is 4.20. The first-order chi connectivity index (χ1) is 8.56. The zero-order chi connectivity index (χ0) is 13.3. The van der Waals surface area contributed by atoms with E-state index in [2.05, 4.69) is 10.2 Å². The van der Waals surface area contributed by atoms with Gasteiger partial charge < -0.3 is 10.3 Å². The normalized spacial score (nSPS) is 11.2. The van der Waals surface area contributed by atoms with E-state index in [0.717, 1.165) is 0 Å². The molecule has 0 aliphatic heterocycles. The second-order valence-corrected chi connectivity index (χ2v) is 4.20. The third-order valence-corrected chi connectivity index (χ3v) is 2.65. The molecule has 0 bridgehead atoms. The van der Waals surface area contributed by atoms with Crippen molar-refractivity contribution >= 4 is 0 Å². The van der Waals surface area contributed by atoms with Crippen molar-refractivity contribution in [3.63, 3.8) is 0 Å². The minimum Gasteiger partial charge on any atom is -0.324 e. The molecule has 0 amide bonds. The van der Waals surface area contributed by atoms with Crippen LogP contribution in [0, 0.1) is 11.6 Å². The summed E-state index contributed by atoms with van der Waals surface area (Å²) < 4.78 is 29.1. The Morgan fingerprint density at radius 3 is 2.33 bits per heavy atom. The molecule has 0 atom stereocenters. The first-order valence-electron chi connectivity index (χ1n) is 5.64. The summed E-state index contributed by atoms with van der Waals surface area (Å²) in [4.78, 5) is 0. The maximum Gasteiger partial charge on any atom is 0.170 e. The lowest BCUT2D eigenvalue weighted by molar-refractivity contribution is 0.557. The van der Waals surface area contributed by atoms with E-state index in [9.17, 15) is 8.78 Å². The number of hydrogen-bond donors (Lipinski definition) is 1. The van der Waals surface area contributed by atoms with E-state index in [1.165, 1.54) is 18.2 Å². The van der Waals surface area contributed by atoms with Crippen LogP contribution in [0.15, 0.2) is 18.2 Å². The van der Waals surface area contributed by atoms with Gasteiger partial charge >= 0.3 is 0 Å². The zero-order valence-corrected chi connectivity index (χ0v) is 10.2. The minimum atomic E-state index is -0.659. The molecule has 96 valence electrons. The molecule has 18 heavy (non-hydrogen) atoms. The van der Waals surface area contributed by atoms with Gasteiger partial charge in [-0.05, 0) is 26.0 Å². The Bertz CT molecular complexity index is 543. The van der Waals surface area contributed by atoms with Crippen molar-refractivity contribution in [3.05, 3.63) is 35.7 Å². The van der Waals surface area contributed by atoms with Gasteiger partial charge in [0.25, 0.3) is 0 Å². The third-order valence-electron chi connectivity index (χ3n) is 2.65. The molecular weight excluding hydrogens is 238 g/mol. The van der Waals surface area contributed by atoms with Gasteiger partial charge in [-0.3, -0.25) is 0 Å². The molecule has 0 radical (unpaired) electrons. The molecule has 1 heterocycles. The van der Waals surface area contributed by atoms with Gasteiger partial charge in [0, 0.05) is 6.04 Å². The summed E-state index contributed by atoms with van der Waals surface area (Å²) in [5, 5.41) is 7.72. The van der Waals surface area contributed by atoms with E-state index in [1.807, 2.05) is 13.8 Å². The summed E-state index contributed by atoms with van der Waals surface area (Å²) in [5.41, 5.74) is 5.38. The van der Waals surface area contributed by atoms with Crippen LogP contribution < -0.4 is 5.73 Å². The van der Waals surface area contributed by atoms with Gasteiger partial charge in [0.1, 0.15) is 17.5 Å². The summed E-state index contributed by atoms with van der Waals surface area (Å²) in [6.07, 6.45) is 0. The minimum absolute atomic E-state index is 0.0347. The van der Waals surface area contributed by atoms with Crippen LogP contribution in [-0.2, 0) is 6.54 Å². The van der Waals surface area contributed by atoms with E-state index in [1.54, 1.807) is 4.57 Å². The van der Waals surface area contributed by atoms with Crippen LogP contribution in [0.2, 0.25) is 0 Å². The van der Waals surface area contributed by atoms with Crippen LogP contribution in [0.3, 0.4) is 0 Å². The molecule has 2 rings (SSSR count). The largest absolute Gasteiger partial charge is 0.324 e. The lowest BCUT2D eigenvalue weighted by Gasteiger charge is -2.14. The molecule has 2 aromatic rings. The van der Waals surface area contributed by atoms with Crippen molar-refractivity contribution in [1.82, 2.24) is 14.8 Å². The Labute approximate surface area is 103 Å². The van der Waals surface area contributed by atoms with E-state index in [4.69, 9.17) is 5.73 Å². The number of halogens is 2. The molecule has 0 unspecified atom stereocenters. The topological polar surface area (TPSA) is 56.7 Å². The van der Waals surface area contributed by atoms with Crippen LogP contribution in [0.25, 0.3) is 11.4 Å². The molecule has 2 N–H and O–H groups in total. The maximum atomic E-state index is 13.7. The summed E-state index contributed by atoms with van der Waals surface area (Å²) >= 11 is 0. The summed E-state index contributed by atoms with van der Waals surface area (Å²) in [5.74, 6) is -0.649. The smallest absolute Gasteiger partial charge is 0.170 e. The average Bonchev–Trinajstić information content (AvgIpc) is 2.72. The van der Waals surface area contributed by atoms with Crippen LogP contribution in [0.4, 0.5) is 8.78 Å². The lowest BCUT2D eigenvalue weighted by atomic mass is 10.1. The molecule has 6 heteroatoms. The van der Waals surface area contributed by atoms with Gasteiger partial charge in [0.05, 0.1) is 12.1 Å². The van der Waals surface area contributed by atoms with Crippen LogP contribution in [-0.4, -0.2) is 14.8 Å². The standard InChI is InChI=1S/C12H14F2N4/c1-7(2)18-10(6-15)16-17-12(18)11-8(13)4-3-5-9(11)14/h3-5,7H,6,15H2,1-2H3. The van der Waals surface area contributed by atoms with Gasteiger partial charge in [-0.25, -0.2) is 8.78 Å². The molecule has 0 spiro atoms. The third kappa shape index (κ3) is 1.99. The van der Waals surface area contributed by atoms with Gasteiger partial charge in [-0.15, -0.1) is 10.2 Å². The van der Waals surface area contributed by atoms with Crippen molar-refractivity contribution in [1.29, 1.82) is 0 Å². The first kappa shape index (κ1) is 12.6. The molecule has 0 saturated heterocycles. The highest BCUT2D eigenvalue weighted by atomic mass is 19.1. The highest BCUT2D eigenvalue weighted by molar-refractivity contribution is 5.57. The molecule has 4 nitrogen and oxygen atoms in total. The van der Waals surface area contributed by atoms with Crippen LogP contribution in [0.5, 0.6) is 0 Å². The maximum absolute atomic E-state index is 13.7. The fourth-order valence-electron chi connectivity index (χ4n) is 1.89. The Kier molecular flexibility index (Phi) is 3.38. The molecule has 1 aromatic carbocycles. The molecule has 0 saturated carbocycles. The lowest BCUT2D eigenvalue weighted by Crippen LogP contribution is -2.12. The number of aromatic nitrogens is 3. The molecule has 0 aliphatic rings. The Hall–Kier alpha value is -1.82. The van der Waals surface area contributed by atoms with Gasteiger partial charge in [-0.1, -0.05) is 6.07 Å². The van der Waals surface area contributed by atoms with Crippen LogP contribution in [0.1, 0.15) is 25.7 Å². The van der Waals surface area contributed by atoms with E-state index in [0.29, 0.717) is 5.82 Å². The Morgan fingerprint density at radius 1 is 1.22 bits per heavy atom. The van der Waals surface area contributed by atoms with Gasteiger partial charge in [0.2, 0.25) is 0 Å². The fourth-order valence-corrected chi connectivity index (χ4v) is 1.89. The predicted molar refractivity (Wildman–Crippen MR) is 63.7 cm³/mol. The summed E-state index contributed by atoms with van der Waals surface area (Å²) in [6, 6.07) is 3.67. The summed E-state index contributed by atoms with van der Waals surface area (Å²) in [7, 11) is 0. The van der Waals surface area contributed by atoms with Crippen molar-refractivity contribution in [3.8, 4) is 11.4 Å². The van der Waals surface area contributed by atoms with Gasteiger partial charge in [-0.2, -0.15) is 0 Å². The fraction of sp³-hybridized carbons (Fsp3) is 0.333. The quantitative estimate of drug-likeness (QED) is 0.911. The van der Waals surface area contributed by atoms with Crippen molar-refractivity contribution < 1.29 is 8.78 Å². The van der Waals surface area contributed by atoms with E-state index < -0.39 is 11.6 Å². The van der Waals surface area contributed by atoms with E-state index in [-0.39, 0.29) is 24.0 Å². The zero-order valence-electron chi connectivity index (χ0n) is 10.2. The van der Waals surface area contributed by atoms with E-state index >= 15 is 0 Å². The monoisotopic (exact) mass is 252 g/mol. The van der Waals surface area contributed by atoms with Crippen LogP contribution >= 0.6 is 0 Å². The van der Waals surface area contributed by atoms with Crippen molar-refractivity contribution in [2.45, 2.75) is 26.4 Å². The van der Waals surface area contributed by atoms with Crippen molar-refractivity contribution in [2.24, 2.45) is 5.73 Å². The van der Waals surface area contributed by atoms with Crippen molar-refractivity contribution in [2.75, 3.05) is 0 Å². The molecule has 0 fully saturated rings. The van der Waals surface area contributed by atoms with Gasteiger partial charge in [0.15, 0.2) is 5.82 Å². The highest BCUT2D eigenvalue weighted by Gasteiger charge is 2.21. The summed E-state index contributed by atoms with van der Waals surface area (Å²) in [6.45, 7) is 3.93. The first-order valence-corrected chi connectivity index (χ1v) is 5.64. The Morgan fingerprint density at radius 2 is 1.83 bits per heavy atom. The SMILES string of the molecule is CC(C)n1c(CN)nnc1-c1c(F)cccc1F. The molecule has 1 aromatic heterocycles. The highest BCUT2D eigenvalue weighted by Crippen LogP contribution is 2.27. The number of nitrogens with zero attached hydrogens (tertiary/aromatic N) is 3.